The van der Waals surface area contributed by atoms with Gasteiger partial charge in [-0.05, 0) is 19.3 Å². The Hall–Kier alpha value is -0.620. The van der Waals surface area contributed by atoms with Crippen LogP contribution in [0.5, 0.6) is 0 Å². The Kier molecular flexibility index (Phi) is 2.69. The topological polar surface area (TPSA) is 89.3 Å². The number of amides is 1. The average Bonchev–Trinajstić information content (AvgIpc) is 2.11. The third kappa shape index (κ3) is 2.18. The molecule has 1 aliphatic rings. The van der Waals surface area contributed by atoms with Crippen LogP contribution in [-0.2, 0) is 14.8 Å². The SMILES string of the molecule is NS(=O)(=O)C1CCCCNC1=O. The number of hydrogen-bond acceptors (Lipinski definition) is 3. The van der Waals surface area contributed by atoms with E-state index in [0.717, 1.165) is 12.8 Å². The molecule has 0 saturated carbocycles. The Bertz CT molecular complexity index is 273. The molecule has 1 fully saturated rings. The highest BCUT2D eigenvalue weighted by Crippen LogP contribution is 2.10. The summed E-state index contributed by atoms with van der Waals surface area (Å²) in [5.41, 5.74) is 0. The van der Waals surface area contributed by atoms with Crippen LogP contribution in [0.15, 0.2) is 0 Å². The van der Waals surface area contributed by atoms with E-state index in [1.165, 1.54) is 0 Å². The van der Waals surface area contributed by atoms with Gasteiger partial charge in [-0.3, -0.25) is 4.79 Å². The monoisotopic (exact) mass is 192 g/mol. The largest absolute Gasteiger partial charge is 0.355 e. The van der Waals surface area contributed by atoms with E-state index in [4.69, 9.17) is 5.14 Å². The highest BCUT2D eigenvalue weighted by molar-refractivity contribution is 7.90. The number of sulfonamides is 1. The minimum Gasteiger partial charge on any atom is -0.355 e. The van der Waals surface area contributed by atoms with Crippen molar-refractivity contribution in [3.63, 3.8) is 0 Å². The van der Waals surface area contributed by atoms with Crippen molar-refractivity contribution in [1.29, 1.82) is 0 Å². The van der Waals surface area contributed by atoms with Crippen LogP contribution >= 0.6 is 0 Å². The second-order valence-corrected chi connectivity index (χ2v) is 4.61. The maximum absolute atomic E-state index is 11.1. The van der Waals surface area contributed by atoms with E-state index in [1.54, 1.807) is 0 Å². The van der Waals surface area contributed by atoms with Crippen LogP contribution in [0.1, 0.15) is 19.3 Å². The number of primary sulfonamides is 1. The molecular formula is C6H12N2O3S. The minimum absolute atomic E-state index is 0.338. The smallest absolute Gasteiger partial charge is 0.239 e. The molecule has 6 heteroatoms. The van der Waals surface area contributed by atoms with Gasteiger partial charge in [0.2, 0.25) is 15.9 Å². The molecule has 70 valence electrons. The summed E-state index contributed by atoms with van der Waals surface area (Å²) in [4.78, 5) is 11.1. The predicted octanol–water partition coefficient (Wildman–Crippen LogP) is -1.06. The summed E-state index contributed by atoms with van der Waals surface area (Å²) in [6, 6.07) is 0. The van der Waals surface area contributed by atoms with Crippen LogP contribution < -0.4 is 10.5 Å². The number of rotatable bonds is 1. The molecule has 0 aromatic rings. The summed E-state index contributed by atoms with van der Waals surface area (Å²) in [6.07, 6.45) is 1.88. The van der Waals surface area contributed by atoms with E-state index in [-0.39, 0.29) is 0 Å². The molecule has 0 aromatic heterocycles. The first-order valence-corrected chi connectivity index (χ1v) is 5.42. The third-order valence-electron chi connectivity index (χ3n) is 1.88. The van der Waals surface area contributed by atoms with E-state index >= 15 is 0 Å². The molecule has 1 heterocycles. The number of hydrogen-bond donors (Lipinski definition) is 2. The summed E-state index contributed by atoms with van der Waals surface area (Å²) in [7, 11) is -3.71. The first kappa shape index (κ1) is 9.47. The van der Waals surface area contributed by atoms with Crippen molar-refractivity contribution in [3.8, 4) is 0 Å². The van der Waals surface area contributed by atoms with Crippen LogP contribution in [0.2, 0.25) is 0 Å². The highest BCUT2D eigenvalue weighted by atomic mass is 32.2. The molecule has 1 unspecified atom stereocenters. The molecule has 0 bridgehead atoms. The van der Waals surface area contributed by atoms with Crippen molar-refractivity contribution in [2.45, 2.75) is 24.5 Å². The summed E-state index contributed by atoms with van der Waals surface area (Å²) >= 11 is 0. The molecule has 0 spiro atoms. The fourth-order valence-corrected chi connectivity index (χ4v) is 2.10. The Labute approximate surface area is 71.4 Å². The fourth-order valence-electron chi connectivity index (χ4n) is 1.22. The van der Waals surface area contributed by atoms with Crippen molar-refractivity contribution in [2.24, 2.45) is 5.14 Å². The average molecular weight is 192 g/mol. The molecule has 1 saturated heterocycles. The van der Waals surface area contributed by atoms with Gasteiger partial charge < -0.3 is 5.32 Å². The van der Waals surface area contributed by atoms with Crippen molar-refractivity contribution >= 4 is 15.9 Å². The van der Waals surface area contributed by atoms with Gasteiger partial charge in [-0.2, -0.15) is 0 Å². The predicted molar refractivity (Wildman–Crippen MR) is 43.8 cm³/mol. The van der Waals surface area contributed by atoms with Crippen LogP contribution in [-0.4, -0.2) is 26.1 Å². The minimum atomic E-state index is -3.71. The van der Waals surface area contributed by atoms with Crippen LogP contribution in [0, 0.1) is 0 Å². The lowest BCUT2D eigenvalue weighted by Gasteiger charge is -2.09. The van der Waals surface area contributed by atoms with Gasteiger partial charge in [-0.25, -0.2) is 13.6 Å². The molecule has 12 heavy (non-hydrogen) atoms. The van der Waals surface area contributed by atoms with Crippen LogP contribution in [0.4, 0.5) is 0 Å². The van der Waals surface area contributed by atoms with Crippen molar-refractivity contribution in [2.75, 3.05) is 6.54 Å². The van der Waals surface area contributed by atoms with E-state index in [0.29, 0.717) is 13.0 Å². The Balaban J connectivity index is 2.80. The number of carbonyl (C=O) groups is 1. The van der Waals surface area contributed by atoms with E-state index in [1.807, 2.05) is 0 Å². The van der Waals surface area contributed by atoms with E-state index < -0.39 is 21.2 Å². The molecule has 0 aromatic carbocycles. The van der Waals surface area contributed by atoms with Gasteiger partial charge in [-0.1, -0.05) is 0 Å². The van der Waals surface area contributed by atoms with E-state index in [9.17, 15) is 13.2 Å². The Morgan fingerprint density at radius 1 is 1.42 bits per heavy atom. The summed E-state index contributed by atoms with van der Waals surface area (Å²) < 4.78 is 21.7. The maximum Gasteiger partial charge on any atom is 0.239 e. The van der Waals surface area contributed by atoms with Gasteiger partial charge >= 0.3 is 0 Å². The van der Waals surface area contributed by atoms with E-state index in [2.05, 4.69) is 5.32 Å². The second-order valence-electron chi connectivity index (χ2n) is 2.86. The molecule has 0 aliphatic carbocycles. The zero-order valence-electron chi connectivity index (χ0n) is 6.62. The lowest BCUT2D eigenvalue weighted by molar-refractivity contribution is -0.120. The van der Waals surface area contributed by atoms with Gasteiger partial charge in [0, 0.05) is 6.54 Å². The molecule has 1 atom stereocenters. The third-order valence-corrected chi connectivity index (χ3v) is 3.12. The number of nitrogens with one attached hydrogen (secondary N) is 1. The van der Waals surface area contributed by atoms with Crippen LogP contribution in [0.25, 0.3) is 0 Å². The molecular weight excluding hydrogens is 180 g/mol. The highest BCUT2D eigenvalue weighted by Gasteiger charge is 2.30. The standard InChI is InChI=1S/C6H12N2O3S/c7-12(10,11)5-3-1-2-4-8-6(5)9/h5H,1-4H2,(H,8,9)(H2,7,10,11). The lowest BCUT2D eigenvalue weighted by Crippen LogP contribution is -2.41. The van der Waals surface area contributed by atoms with Crippen LogP contribution in [0.3, 0.4) is 0 Å². The lowest BCUT2D eigenvalue weighted by atomic mass is 10.2. The molecule has 1 aliphatic heterocycles. The maximum atomic E-state index is 11.1. The molecule has 1 amide bonds. The Morgan fingerprint density at radius 2 is 2.08 bits per heavy atom. The number of carbonyl (C=O) groups excluding carboxylic acids is 1. The van der Waals surface area contributed by atoms with Gasteiger partial charge in [0.15, 0.2) is 5.25 Å². The summed E-state index contributed by atoms with van der Waals surface area (Å²) in [5, 5.41) is 6.34. The zero-order chi connectivity index (χ0) is 9.19. The van der Waals surface area contributed by atoms with Crippen molar-refractivity contribution < 1.29 is 13.2 Å². The van der Waals surface area contributed by atoms with Crippen molar-refractivity contribution in [3.05, 3.63) is 0 Å². The summed E-state index contributed by atoms with van der Waals surface area (Å²) in [5.74, 6) is -0.463. The molecule has 3 N–H and O–H groups in total. The van der Waals surface area contributed by atoms with Gasteiger partial charge in [0.25, 0.3) is 0 Å². The molecule has 5 nitrogen and oxygen atoms in total. The number of nitrogens with two attached hydrogens (primary N) is 1. The van der Waals surface area contributed by atoms with Gasteiger partial charge in [0.05, 0.1) is 0 Å². The summed E-state index contributed by atoms with van der Waals surface area (Å²) in [6.45, 7) is 0.546. The van der Waals surface area contributed by atoms with Crippen molar-refractivity contribution in [1.82, 2.24) is 5.32 Å². The first-order valence-electron chi connectivity index (χ1n) is 3.81. The fraction of sp³-hybridized carbons (Fsp3) is 0.833. The Morgan fingerprint density at radius 3 is 2.67 bits per heavy atom. The van der Waals surface area contributed by atoms with Gasteiger partial charge in [0.1, 0.15) is 0 Å². The second kappa shape index (κ2) is 3.40. The van der Waals surface area contributed by atoms with Gasteiger partial charge in [-0.15, -0.1) is 0 Å². The zero-order valence-corrected chi connectivity index (χ0v) is 7.43. The molecule has 0 radical (unpaired) electrons. The first-order chi connectivity index (χ1) is 5.52. The quantitative estimate of drug-likeness (QED) is 0.555. The normalized spacial score (nSPS) is 26.1. The molecule has 1 rings (SSSR count).